The molecule has 1 aromatic carbocycles. The molecule has 0 aromatic heterocycles. The van der Waals surface area contributed by atoms with Crippen molar-refractivity contribution in [3.8, 4) is 0 Å². The third-order valence-electron chi connectivity index (χ3n) is 1.49. The normalized spacial score (nSPS) is 14.2. The number of benzene rings is 1. The van der Waals surface area contributed by atoms with Gasteiger partial charge in [0.05, 0.1) is 5.56 Å². The minimum absolute atomic E-state index is 0.394. The van der Waals surface area contributed by atoms with Crippen molar-refractivity contribution in [1.29, 1.82) is 0 Å². The van der Waals surface area contributed by atoms with Gasteiger partial charge in [-0.15, -0.1) is 0 Å². The lowest BCUT2D eigenvalue weighted by Gasteiger charge is -2.08. The number of halogens is 4. The maximum Gasteiger partial charge on any atom is 0.416 e. The Morgan fingerprint density at radius 3 is 2.31 bits per heavy atom. The van der Waals surface area contributed by atoms with Gasteiger partial charge in [0, 0.05) is 5.56 Å². The second-order valence-corrected chi connectivity index (χ2v) is 2.46. The molecule has 0 aliphatic carbocycles. The van der Waals surface area contributed by atoms with E-state index in [0.717, 1.165) is 18.2 Å². The Morgan fingerprint density at radius 2 is 1.85 bits per heavy atom. The quantitative estimate of drug-likeness (QED) is 0.681. The lowest BCUT2D eigenvalue weighted by molar-refractivity contribution is -0.137. The molecule has 0 bridgehead atoms. The average Bonchev–Trinajstić information content (AvgIpc) is 2.03. The molecule has 13 heavy (non-hydrogen) atoms. The first-order valence-corrected chi connectivity index (χ1v) is 3.40. The number of hydrogen-bond acceptors (Lipinski definition) is 1. The van der Waals surface area contributed by atoms with Gasteiger partial charge in [-0.25, -0.2) is 4.39 Å². The fraction of sp³-hybridized carbons (Fsp3) is 0.250. The van der Waals surface area contributed by atoms with Gasteiger partial charge in [-0.2, -0.15) is 13.2 Å². The topological polar surface area (TPSA) is 20.2 Å². The number of alkyl halides is 4. The van der Waals surface area contributed by atoms with Crippen LogP contribution in [0.3, 0.4) is 0 Å². The van der Waals surface area contributed by atoms with Crippen LogP contribution in [0.4, 0.5) is 17.6 Å². The van der Waals surface area contributed by atoms with Crippen LogP contribution in [0.1, 0.15) is 17.5 Å². The summed E-state index contributed by atoms with van der Waals surface area (Å²) in [6.07, 6.45) is -6.88. The molecule has 1 rings (SSSR count). The van der Waals surface area contributed by atoms with Gasteiger partial charge in [0.15, 0.2) is 0 Å². The van der Waals surface area contributed by atoms with Gasteiger partial charge in [0.1, 0.15) is 0 Å². The molecule has 1 aromatic rings. The van der Waals surface area contributed by atoms with Crippen molar-refractivity contribution in [2.75, 3.05) is 0 Å². The third kappa shape index (κ3) is 2.42. The molecule has 0 aliphatic heterocycles. The molecular formula is C8H6F4O. The van der Waals surface area contributed by atoms with E-state index in [-0.39, 0.29) is 0 Å². The van der Waals surface area contributed by atoms with Gasteiger partial charge < -0.3 is 5.11 Å². The van der Waals surface area contributed by atoms with E-state index in [4.69, 9.17) is 5.11 Å². The molecule has 0 heterocycles. The molecule has 0 aliphatic rings. The number of aliphatic hydroxyl groups is 1. The first kappa shape index (κ1) is 9.98. The van der Waals surface area contributed by atoms with Gasteiger partial charge in [0.25, 0.3) is 0 Å². The van der Waals surface area contributed by atoms with Crippen molar-refractivity contribution in [2.24, 2.45) is 0 Å². The Hall–Kier alpha value is -1.10. The molecule has 0 amide bonds. The summed E-state index contributed by atoms with van der Waals surface area (Å²) in [6, 6.07) is 3.51. The predicted molar refractivity (Wildman–Crippen MR) is 37.5 cm³/mol. The van der Waals surface area contributed by atoms with Gasteiger partial charge >= 0.3 is 6.18 Å². The molecule has 0 saturated heterocycles. The highest BCUT2D eigenvalue weighted by molar-refractivity contribution is 5.26. The van der Waals surface area contributed by atoms with Gasteiger partial charge in [-0.1, -0.05) is 12.1 Å². The summed E-state index contributed by atoms with van der Waals surface area (Å²) in [7, 11) is 0. The molecule has 1 atom stereocenters. The highest BCUT2D eigenvalue weighted by Gasteiger charge is 2.30. The SMILES string of the molecule is OC(F)c1cccc(C(F)(F)F)c1. The molecule has 0 fully saturated rings. The van der Waals surface area contributed by atoms with E-state index in [1.54, 1.807) is 0 Å². The number of aliphatic hydroxyl groups excluding tert-OH is 1. The Balaban J connectivity index is 3.06. The zero-order valence-electron chi connectivity index (χ0n) is 6.35. The van der Waals surface area contributed by atoms with Crippen LogP contribution in [0.25, 0.3) is 0 Å². The summed E-state index contributed by atoms with van der Waals surface area (Å²) in [5.74, 6) is 0. The zero-order chi connectivity index (χ0) is 10.1. The van der Waals surface area contributed by atoms with E-state index in [9.17, 15) is 17.6 Å². The van der Waals surface area contributed by atoms with E-state index >= 15 is 0 Å². The van der Waals surface area contributed by atoms with Crippen LogP contribution >= 0.6 is 0 Å². The van der Waals surface area contributed by atoms with Gasteiger partial charge in [-0.05, 0) is 12.1 Å². The van der Waals surface area contributed by atoms with Crippen LogP contribution < -0.4 is 0 Å². The van der Waals surface area contributed by atoms with E-state index in [0.29, 0.717) is 6.07 Å². The second kappa shape index (κ2) is 3.33. The lowest BCUT2D eigenvalue weighted by Crippen LogP contribution is -2.05. The van der Waals surface area contributed by atoms with Crippen molar-refractivity contribution >= 4 is 0 Å². The monoisotopic (exact) mass is 194 g/mol. The summed E-state index contributed by atoms with van der Waals surface area (Å²) in [6.45, 7) is 0. The van der Waals surface area contributed by atoms with Crippen LogP contribution in [0.2, 0.25) is 0 Å². The third-order valence-corrected chi connectivity index (χ3v) is 1.49. The molecule has 5 heteroatoms. The molecular weight excluding hydrogens is 188 g/mol. The van der Waals surface area contributed by atoms with Gasteiger partial charge in [-0.3, -0.25) is 0 Å². The summed E-state index contributed by atoms with van der Waals surface area (Å²) in [5, 5.41) is 8.38. The minimum atomic E-state index is -4.51. The summed E-state index contributed by atoms with van der Waals surface area (Å²) < 4.78 is 48.3. The van der Waals surface area contributed by atoms with Crippen LogP contribution in [0.15, 0.2) is 24.3 Å². The molecule has 1 unspecified atom stereocenters. The maximum absolute atomic E-state index is 12.2. The highest BCUT2D eigenvalue weighted by Crippen LogP contribution is 2.30. The molecule has 72 valence electrons. The van der Waals surface area contributed by atoms with Crippen molar-refractivity contribution < 1.29 is 22.7 Å². The van der Waals surface area contributed by atoms with Crippen LogP contribution in [-0.4, -0.2) is 5.11 Å². The average molecular weight is 194 g/mol. The fourth-order valence-electron chi connectivity index (χ4n) is 0.863. The molecule has 0 radical (unpaired) electrons. The molecule has 1 nitrogen and oxygen atoms in total. The molecule has 0 spiro atoms. The minimum Gasteiger partial charge on any atom is -0.360 e. The van der Waals surface area contributed by atoms with Crippen molar-refractivity contribution in [3.05, 3.63) is 35.4 Å². The Morgan fingerprint density at radius 1 is 1.23 bits per heavy atom. The largest absolute Gasteiger partial charge is 0.416 e. The standard InChI is InChI=1S/C8H6F4O/c9-7(13)5-2-1-3-6(4-5)8(10,11)12/h1-4,7,13H. The van der Waals surface area contributed by atoms with E-state index < -0.39 is 23.7 Å². The van der Waals surface area contributed by atoms with Gasteiger partial charge in [0.2, 0.25) is 6.36 Å². The van der Waals surface area contributed by atoms with Crippen LogP contribution in [0.5, 0.6) is 0 Å². The van der Waals surface area contributed by atoms with Crippen LogP contribution in [-0.2, 0) is 6.18 Å². The Kier molecular flexibility index (Phi) is 2.56. The van der Waals surface area contributed by atoms with Crippen molar-refractivity contribution in [2.45, 2.75) is 12.5 Å². The number of rotatable bonds is 1. The smallest absolute Gasteiger partial charge is 0.360 e. The summed E-state index contributed by atoms with van der Waals surface area (Å²) in [4.78, 5) is 0. The first-order valence-electron chi connectivity index (χ1n) is 3.40. The fourth-order valence-corrected chi connectivity index (χ4v) is 0.863. The van der Waals surface area contributed by atoms with E-state index in [2.05, 4.69) is 0 Å². The predicted octanol–water partition coefficient (Wildman–Crippen LogP) is 2.67. The summed E-state index contributed by atoms with van der Waals surface area (Å²) >= 11 is 0. The lowest BCUT2D eigenvalue weighted by atomic mass is 10.1. The second-order valence-electron chi connectivity index (χ2n) is 2.46. The maximum atomic E-state index is 12.2. The van der Waals surface area contributed by atoms with Crippen molar-refractivity contribution in [1.82, 2.24) is 0 Å². The first-order chi connectivity index (χ1) is 5.91. The number of hydrogen-bond donors (Lipinski definition) is 1. The molecule has 0 saturated carbocycles. The Labute approximate surface area is 71.6 Å². The highest BCUT2D eigenvalue weighted by atomic mass is 19.4. The zero-order valence-corrected chi connectivity index (χ0v) is 6.35. The molecule has 1 N–H and O–H groups in total. The summed E-state index contributed by atoms with van der Waals surface area (Å²) in [5.41, 5.74) is -1.36. The van der Waals surface area contributed by atoms with E-state index in [1.807, 2.05) is 0 Å². The van der Waals surface area contributed by atoms with E-state index in [1.165, 1.54) is 0 Å². The van der Waals surface area contributed by atoms with Crippen LogP contribution in [0, 0.1) is 0 Å². The Bertz CT molecular complexity index is 292. The van der Waals surface area contributed by atoms with Crippen molar-refractivity contribution in [3.63, 3.8) is 0 Å².